The summed E-state index contributed by atoms with van der Waals surface area (Å²) in [6, 6.07) is 9.44. The van der Waals surface area contributed by atoms with Crippen LogP contribution in [0.15, 0.2) is 48.8 Å². The van der Waals surface area contributed by atoms with Gasteiger partial charge in [0.05, 0.1) is 12.0 Å². The molecule has 0 radical (unpaired) electrons. The van der Waals surface area contributed by atoms with Crippen LogP contribution in [0.5, 0.6) is 5.75 Å². The number of aromatic nitrogens is 1. The molecule has 0 atom stereocenters. The van der Waals surface area contributed by atoms with E-state index in [1.807, 2.05) is 30.6 Å². The van der Waals surface area contributed by atoms with Crippen molar-refractivity contribution in [1.82, 2.24) is 9.88 Å². The van der Waals surface area contributed by atoms with Crippen LogP contribution >= 0.6 is 0 Å². The molecule has 1 aromatic carbocycles. The monoisotopic (exact) mass is 392 g/mol. The second-order valence-electron chi connectivity index (χ2n) is 7.73. The van der Waals surface area contributed by atoms with Crippen LogP contribution in [-0.4, -0.2) is 51.9 Å². The van der Waals surface area contributed by atoms with Crippen molar-refractivity contribution in [3.63, 3.8) is 0 Å². The van der Waals surface area contributed by atoms with E-state index in [1.165, 1.54) is 11.6 Å². The van der Waals surface area contributed by atoms with E-state index in [9.17, 15) is 9.59 Å². The quantitative estimate of drug-likeness (QED) is 0.788. The molecule has 2 aromatic rings. The van der Waals surface area contributed by atoms with E-state index in [4.69, 9.17) is 9.84 Å². The lowest BCUT2D eigenvalue weighted by atomic mass is 9.82. The van der Waals surface area contributed by atoms with Gasteiger partial charge in [-0.3, -0.25) is 19.5 Å². The van der Waals surface area contributed by atoms with Gasteiger partial charge in [0.25, 0.3) is 0 Å². The average molecular weight is 392 g/mol. The summed E-state index contributed by atoms with van der Waals surface area (Å²) in [5.74, 6) is 0.329. The maximum Gasteiger partial charge on any atom is 0.181 e. The molecule has 1 spiro atoms. The largest absolute Gasteiger partial charge is 0.486 e. The smallest absolute Gasteiger partial charge is 0.181 e. The predicted octanol–water partition coefficient (Wildman–Crippen LogP) is 2.66. The molecule has 2 aliphatic rings. The Bertz CT molecular complexity index is 931. The number of piperidine rings is 1. The van der Waals surface area contributed by atoms with Crippen LogP contribution in [-0.2, 0) is 11.3 Å². The first-order valence-corrected chi connectivity index (χ1v) is 9.86. The Hall–Kier alpha value is -2.83. The molecule has 1 saturated heterocycles. The summed E-state index contributed by atoms with van der Waals surface area (Å²) in [4.78, 5) is 30.5. The maximum atomic E-state index is 12.8. The molecule has 6 nitrogen and oxygen atoms in total. The van der Waals surface area contributed by atoms with Crippen molar-refractivity contribution in [2.24, 2.45) is 0 Å². The van der Waals surface area contributed by atoms with Crippen molar-refractivity contribution in [2.45, 2.75) is 31.4 Å². The molecule has 4 rings (SSSR count). The van der Waals surface area contributed by atoms with Gasteiger partial charge in [0.15, 0.2) is 11.6 Å². The number of Topliss-reactive ketones (excluding diaryl/α,β-unsaturated/α-hetero) is 1. The molecule has 29 heavy (non-hydrogen) atoms. The third-order valence-electron chi connectivity index (χ3n) is 5.65. The van der Waals surface area contributed by atoms with Crippen LogP contribution in [0.2, 0.25) is 0 Å². The fourth-order valence-electron chi connectivity index (χ4n) is 4.00. The van der Waals surface area contributed by atoms with E-state index in [1.54, 1.807) is 18.2 Å². The fourth-order valence-corrected chi connectivity index (χ4v) is 4.00. The van der Waals surface area contributed by atoms with E-state index in [0.717, 1.165) is 38.0 Å². The Morgan fingerprint density at radius 2 is 1.97 bits per heavy atom. The Morgan fingerprint density at radius 1 is 1.21 bits per heavy atom. The first kappa shape index (κ1) is 19.5. The molecule has 0 aliphatic carbocycles. The Morgan fingerprint density at radius 3 is 2.69 bits per heavy atom. The highest BCUT2D eigenvalue weighted by atomic mass is 16.5. The van der Waals surface area contributed by atoms with Gasteiger partial charge in [0, 0.05) is 44.9 Å². The van der Waals surface area contributed by atoms with Crippen molar-refractivity contribution in [3.8, 4) is 5.75 Å². The SMILES string of the molecule is O=C(/C=C/c1ccc2c(c1)C(=O)CC1(CCN(Cc3ccncc3)CC1)O2)CO. The van der Waals surface area contributed by atoms with Gasteiger partial charge in [-0.25, -0.2) is 0 Å². The molecule has 1 aromatic heterocycles. The topological polar surface area (TPSA) is 79.7 Å². The normalized spacial score (nSPS) is 18.6. The molecule has 150 valence electrons. The van der Waals surface area contributed by atoms with Gasteiger partial charge in [-0.05, 0) is 41.5 Å². The Kier molecular flexibility index (Phi) is 5.56. The number of aliphatic hydroxyl groups is 1. The molecule has 0 bridgehead atoms. The predicted molar refractivity (Wildman–Crippen MR) is 109 cm³/mol. The summed E-state index contributed by atoms with van der Waals surface area (Å²) in [6.07, 6.45) is 8.55. The summed E-state index contributed by atoms with van der Waals surface area (Å²) >= 11 is 0. The molecular weight excluding hydrogens is 368 g/mol. The van der Waals surface area contributed by atoms with Crippen LogP contribution in [0.3, 0.4) is 0 Å². The van der Waals surface area contributed by atoms with Crippen molar-refractivity contribution in [3.05, 3.63) is 65.5 Å². The second-order valence-corrected chi connectivity index (χ2v) is 7.73. The van der Waals surface area contributed by atoms with Crippen molar-refractivity contribution < 1.29 is 19.4 Å². The van der Waals surface area contributed by atoms with Crippen LogP contribution in [0.4, 0.5) is 0 Å². The average Bonchev–Trinajstić information content (AvgIpc) is 2.75. The van der Waals surface area contributed by atoms with Crippen LogP contribution in [0.25, 0.3) is 6.08 Å². The molecule has 0 amide bonds. The summed E-state index contributed by atoms with van der Waals surface area (Å²) in [5.41, 5.74) is 2.12. The highest BCUT2D eigenvalue weighted by Crippen LogP contribution is 2.40. The zero-order valence-electron chi connectivity index (χ0n) is 16.2. The van der Waals surface area contributed by atoms with Gasteiger partial charge in [-0.2, -0.15) is 0 Å². The molecule has 2 aliphatic heterocycles. The molecule has 1 fully saturated rings. The third-order valence-corrected chi connectivity index (χ3v) is 5.65. The fraction of sp³-hybridized carbons (Fsp3) is 0.348. The zero-order valence-corrected chi connectivity index (χ0v) is 16.2. The number of ketones is 2. The third kappa shape index (κ3) is 4.44. The highest BCUT2D eigenvalue weighted by Gasteiger charge is 2.42. The van der Waals surface area contributed by atoms with Crippen LogP contribution in [0, 0.1) is 0 Å². The number of hydrogen-bond acceptors (Lipinski definition) is 6. The van der Waals surface area contributed by atoms with E-state index >= 15 is 0 Å². The number of aliphatic hydroxyl groups excluding tert-OH is 1. The number of carbonyl (C=O) groups excluding carboxylic acids is 2. The lowest BCUT2D eigenvalue weighted by Crippen LogP contribution is -2.50. The van der Waals surface area contributed by atoms with Crippen molar-refractivity contribution in [1.29, 1.82) is 0 Å². The first-order valence-electron chi connectivity index (χ1n) is 9.86. The molecule has 0 unspecified atom stereocenters. The highest BCUT2D eigenvalue weighted by molar-refractivity contribution is 6.01. The van der Waals surface area contributed by atoms with Gasteiger partial charge < -0.3 is 9.84 Å². The minimum absolute atomic E-state index is 0.0811. The number of carbonyl (C=O) groups is 2. The number of likely N-dealkylation sites (tertiary alicyclic amines) is 1. The van der Waals surface area contributed by atoms with E-state index in [0.29, 0.717) is 17.7 Å². The molecule has 6 heteroatoms. The second kappa shape index (κ2) is 8.27. The standard InChI is InChI=1S/C23H24N2O4/c26-16-19(27)3-1-17-2-4-22-20(13-17)21(28)14-23(29-22)7-11-25(12-8-23)15-18-5-9-24-10-6-18/h1-6,9-10,13,26H,7-8,11-12,14-16H2/b3-1+. The number of hydrogen-bond donors (Lipinski definition) is 1. The van der Waals surface area contributed by atoms with E-state index < -0.39 is 12.2 Å². The number of rotatable bonds is 5. The minimum Gasteiger partial charge on any atom is -0.486 e. The molecule has 1 N–H and O–H groups in total. The van der Waals surface area contributed by atoms with Gasteiger partial charge in [-0.1, -0.05) is 12.1 Å². The van der Waals surface area contributed by atoms with Gasteiger partial charge in [0.2, 0.25) is 0 Å². The summed E-state index contributed by atoms with van der Waals surface area (Å²) < 4.78 is 6.34. The Balaban J connectivity index is 1.43. The molecular formula is C23H24N2O4. The number of nitrogens with zero attached hydrogens (tertiary/aromatic N) is 2. The first-order chi connectivity index (χ1) is 14.1. The van der Waals surface area contributed by atoms with Crippen molar-refractivity contribution in [2.75, 3.05) is 19.7 Å². The van der Waals surface area contributed by atoms with Gasteiger partial charge in [-0.15, -0.1) is 0 Å². The van der Waals surface area contributed by atoms with Crippen molar-refractivity contribution >= 4 is 17.6 Å². The number of pyridine rings is 1. The van der Waals surface area contributed by atoms with Crippen LogP contribution in [0.1, 0.15) is 40.7 Å². The maximum absolute atomic E-state index is 12.8. The number of ether oxygens (including phenoxy) is 1. The molecule has 3 heterocycles. The lowest BCUT2D eigenvalue weighted by Gasteiger charge is -2.44. The van der Waals surface area contributed by atoms with E-state index in [2.05, 4.69) is 9.88 Å². The zero-order chi connectivity index (χ0) is 20.3. The number of fused-ring (bicyclic) bond motifs is 1. The van der Waals surface area contributed by atoms with Crippen LogP contribution < -0.4 is 4.74 Å². The summed E-state index contributed by atoms with van der Waals surface area (Å²) in [7, 11) is 0. The Labute approximate surface area is 169 Å². The lowest BCUT2D eigenvalue weighted by molar-refractivity contribution is -0.117. The molecule has 0 saturated carbocycles. The summed E-state index contributed by atoms with van der Waals surface area (Å²) in [5, 5.41) is 8.81. The van der Waals surface area contributed by atoms with Gasteiger partial charge >= 0.3 is 0 Å². The van der Waals surface area contributed by atoms with E-state index in [-0.39, 0.29) is 11.6 Å². The summed E-state index contributed by atoms with van der Waals surface area (Å²) in [6.45, 7) is 2.12. The minimum atomic E-state index is -0.524. The van der Waals surface area contributed by atoms with Gasteiger partial charge in [0.1, 0.15) is 18.0 Å². The number of benzene rings is 1.